The first-order chi connectivity index (χ1) is 18.9. The number of benzene rings is 2. The molecule has 40 heavy (non-hydrogen) atoms. The van der Waals surface area contributed by atoms with Crippen LogP contribution in [0.2, 0.25) is 0 Å². The van der Waals surface area contributed by atoms with Gasteiger partial charge in [-0.2, -0.15) is 0 Å². The topological polar surface area (TPSA) is 112 Å². The Hall–Kier alpha value is -4.20. The highest BCUT2D eigenvalue weighted by atomic mass is 16.5. The van der Waals surface area contributed by atoms with Gasteiger partial charge in [0, 0.05) is 5.56 Å². The largest absolute Gasteiger partial charge is 0.465 e. The molecule has 0 bridgehead atoms. The Kier molecular flexibility index (Phi) is 14.7. The average Bonchev–Trinajstić information content (AvgIpc) is 2.94. The van der Waals surface area contributed by atoms with Crippen LogP contribution in [0.4, 0.5) is 0 Å². The van der Waals surface area contributed by atoms with E-state index in [1.54, 1.807) is 24.3 Å². The molecular formula is C30H38N2O8. The van der Waals surface area contributed by atoms with Gasteiger partial charge in [0.05, 0.1) is 57.2 Å². The minimum Gasteiger partial charge on any atom is -0.465 e. The molecule has 0 heterocycles. The summed E-state index contributed by atoms with van der Waals surface area (Å²) >= 11 is 0. The van der Waals surface area contributed by atoms with E-state index in [4.69, 9.17) is 9.47 Å². The monoisotopic (exact) mass is 554 g/mol. The van der Waals surface area contributed by atoms with Crippen molar-refractivity contribution in [3.63, 3.8) is 0 Å². The molecule has 0 unspecified atom stereocenters. The Balaban J connectivity index is 0.000000400. The van der Waals surface area contributed by atoms with Crippen molar-refractivity contribution in [2.24, 2.45) is 0 Å². The van der Waals surface area contributed by atoms with Gasteiger partial charge in [0.25, 0.3) is 0 Å². The van der Waals surface area contributed by atoms with Crippen LogP contribution in [0.25, 0.3) is 0 Å². The number of aryl methyl sites for hydroxylation is 1. The highest BCUT2D eigenvalue weighted by molar-refractivity contribution is 5.96. The molecular weight excluding hydrogens is 516 g/mol. The summed E-state index contributed by atoms with van der Waals surface area (Å²) in [7, 11) is 13.0. The highest BCUT2D eigenvalue weighted by Gasteiger charge is 2.14. The Bertz CT molecular complexity index is 1170. The second-order valence-corrected chi connectivity index (χ2v) is 9.13. The maximum atomic E-state index is 11.6. The van der Waals surface area contributed by atoms with Crippen LogP contribution in [0.1, 0.15) is 59.0 Å². The molecule has 0 radical (unpaired) electrons. The smallest absolute Gasteiger partial charge is 0.337 e. The molecule has 0 atom stereocenters. The van der Waals surface area contributed by atoms with Crippen molar-refractivity contribution in [3.8, 4) is 11.8 Å². The molecule has 0 aromatic heterocycles. The lowest BCUT2D eigenvalue weighted by molar-refractivity contribution is 0.0581. The summed E-state index contributed by atoms with van der Waals surface area (Å²) in [5, 5.41) is 0. The number of rotatable bonds is 9. The fraction of sp³-hybridized carbons (Fsp3) is 0.400. The van der Waals surface area contributed by atoms with E-state index < -0.39 is 23.9 Å². The van der Waals surface area contributed by atoms with Gasteiger partial charge in [-0.3, -0.25) is 4.90 Å². The molecule has 0 spiro atoms. The molecule has 0 saturated heterocycles. The van der Waals surface area contributed by atoms with Crippen LogP contribution in [0.3, 0.4) is 0 Å². The maximum Gasteiger partial charge on any atom is 0.337 e. The van der Waals surface area contributed by atoms with E-state index in [9.17, 15) is 19.2 Å². The van der Waals surface area contributed by atoms with Crippen LogP contribution in [0.15, 0.2) is 36.4 Å². The summed E-state index contributed by atoms with van der Waals surface area (Å²) in [6.45, 7) is 1.52. The number of nitrogens with zero attached hydrogens (tertiary/aromatic N) is 2. The van der Waals surface area contributed by atoms with Crippen molar-refractivity contribution in [3.05, 3.63) is 69.8 Å². The molecule has 0 N–H and O–H groups in total. The normalized spacial score (nSPS) is 10.1. The zero-order valence-corrected chi connectivity index (χ0v) is 24.5. The average molecular weight is 555 g/mol. The van der Waals surface area contributed by atoms with Crippen molar-refractivity contribution < 1.29 is 38.1 Å². The maximum absolute atomic E-state index is 11.6. The van der Waals surface area contributed by atoms with Crippen molar-refractivity contribution in [2.75, 3.05) is 69.7 Å². The Morgan fingerprint density at radius 1 is 0.625 bits per heavy atom. The van der Waals surface area contributed by atoms with E-state index in [1.165, 1.54) is 40.6 Å². The minimum absolute atomic E-state index is 0.268. The first-order valence-electron chi connectivity index (χ1n) is 12.4. The number of hydrogen-bond acceptors (Lipinski definition) is 10. The molecule has 2 rings (SSSR count). The van der Waals surface area contributed by atoms with Crippen LogP contribution in [-0.4, -0.2) is 103 Å². The molecule has 0 saturated carbocycles. The summed E-state index contributed by atoms with van der Waals surface area (Å²) in [5.74, 6) is 3.90. The fourth-order valence-electron chi connectivity index (χ4n) is 3.38. The van der Waals surface area contributed by atoms with Gasteiger partial charge in [0.15, 0.2) is 0 Å². The molecule has 10 nitrogen and oxygen atoms in total. The Morgan fingerprint density at radius 2 is 1.02 bits per heavy atom. The Labute approximate surface area is 236 Å². The van der Waals surface area contributed by atoms with Gasteiger partial charge in [-0.05, 0) is 89.5 Å². The lowest BCUT2D eigenvalue weighted by Crippen LogP contribution is -2.14. The van der Waals surface area contributed by atoms with E-state index in [0.717, 1.165) is 24.9 Å². The predicted molar refractivity (Wildman–Crippen MR) is 151 cm³/mol. The Morgan fingerprint density at radius 3 is 1.38 bits per heavy atom. The SMILES string of the molecule is COC(=O)c1cc(C#CCN(C)C)cc(C(=O)OC)c1.COC(=O)c1cc(CCCN(C)C)cc(C(=O)OC)c1. The van der Waals surface area contributed by atoms with Gasteiger partial charge in [0.1, 0.15) is 0 Å². The third-order valence-corrected chi connectivity index (χ3v) is 5.31. The van der Waals surface area contributed by atoms with Crippen molar-refractivity contribution in [1.29, 1.82) is 0 Å². The quantitative estimate of drug-likeness (QED) is 0.261. The van der Waals surface area contributed by atoms with Gasteiger partial charge in [-0.15, -0.1) is 0 Å². The molecule has 0 aliphatic rings. The number of methoxy groups -OCH3 is 4. The van der Waals surface area contributed by atoms with Crippen LogP contribution in [0, 0.1) is 11.8 Å². The van der Waals surface area contributed by atoms with Crippen LogP contribution >= 0.6 is 0 Å². The van der Waals surface area contributed by atoms with Gasteiger partial charge < -0.3 is 23.8 Å². The lowest BCUT2D eigenvalue weighted by atomic mass is 10.0. The van der Waals surface area contributed by atoms with Gasteiger partial charge in [-0.25, -0.2) is 19.2 Å². The first kappa shape index (κ1) is 33.8. The molecule has 2 aromatic carbocycles. The molecule has 216 valence electrons. The third-order valence-electron chi connectivity index (χ3n) is 5.31. The van der Waals surface area contributed by atoms with Crippen molar-refractivity contribution >= 4 is 23.9 Å². The van der Waals surface area contributed by atoms with E-state index in [1.807, 2.05) is 33.1 Å². The molecule has 10 heteroatoms. The van der Waals surface area contributed by atoms with Crippen LogP contribution < -0.4 is 0 Å². The third kappa shape index (κ3) is 11.7. The number of carbonyl (C=O) groups is 4. The number of esters is 4. The summed E-state index contributed by atoms with van der Waals surface area (Å²) in [6.07, 6.45) is 1.73. The summed E-state index contributed by atoms with van der Waals surface area (Å²) in [5.41, 5.74) is 2.77. The fourth-order valence-corrected chi connectivity index (χ4v) is 3.38. The summed E-state index contributed by atoms with van der Waals surface area (Å²) in [4.78, 5) is 50.4. The molecule has 0 fully saturated rings. The molecule has 0 aliphatic heterocycles. The van der Waals surface area contributed by atoms with E-state index in [-0.39, 0.29) is 11.1 Å². The van der Waals surface area contributed by atoms with E-state index >= 15 is 0 Å². The van der Waals surface area contributed by atoms with Gasteiger partial charge in [-0.1, -0.05) is 11.8 Å². The number of carbonyl (C=O) groups excluding carboxylic acids is 4. The second kappa shape index (κ2) is 17.4. The lowest BCUT2D eigenvalue weighted by Gasteiger charge is -2.10. The number of hydrogen-bond donors (Lipinski definition) is 0. The van der Waals surface area contributed by atoms with Crippen LogP contribution in [0.5, 0.6) is 0 Å². The van der Waals surface area contributed by atoms with Gasteiger partial charge >= 0.3 is 23.9 Å². The van der Waals surface area contributed by atoms with E-state index in [0.29, 0.717) is 23.2 Å². The van der Waals surface area contributed by atoms with Crippen molar-refractivity contribution in [2.45, 2.75) is 12.8 Å². The zero-order chi connectivity index (χ0) is 30.2. The minimum atomic E-state index is -0.522. The zero-order valence-electron chi connectivity index (χ0n) is 24.5. The molecule has 2 aromatic rings. The van der Waals surface area contributed by atoms with Crippen LogP contribution in [-0.2, 0) is 25.4 Å². The molecule has 0 amide bonds. The van der Waals surface area contributed by atoms with Crippen molar-refractivity contribution in [1.82, 2.24) is 9.80 Å². The molecule has 0 aliphatic carbocycles. The second-order valence-electron chi connectivity index (χ2n) is 9.13. The highest BCUT2D eigenvalue weighted by Crippen LogP contribution is 2.15. The summed E-state index contributed by atoms with van der Waals surface area (Å²) in [6, 6.07) is 9.60. The summed E-state index contributed by atoms with van der Waals surface area (Å²) < 4.78 is 18.7. The number of ether oxygens (including phenoxy) is 4. The van der Waals surface area contributed by atoms with E-state index in [2.05, 4.69) is 26.2 Å². The van der Waals surface area contributed by atoms with Gasteiger partial charge in [0.2, 0.25) is 0 Å². The standard InChI is InChI=1S/C15H21NO4.C15H17NO4/c2*1-16(2)7-5-6-11-8-12(14(17)19-3)10-13(9-11)15(18)20-4/h8-10H,5-7H2,1-4H3;8-10H,7H2,1-4H3. The first-order valence-corrected chi connectivity index (χ1v) is 12.4. The predicted octanol–water partition coefficient (Wildman–Crippen LogP) is 2.93.